The molecule has 0 aliphatic heterocycles. The molecule has 1 heterocycles. The molecule has 18 heavy (non-hydrogen) atoms. The van der Waals surface area contributed by atoms with Crippen LogP contribution in [0.4, 0.5) is 0 Å². The lowest BCUT2D eigenvalue weighted by molar-refractivity contribution is -0.143. The lowest BCUT2D eigenvalue weighted by atomic mass is 9.82. The number of nitrogens with zero attached hydrogens (tertiary/aromatic N) is 1. The van der Waals surface area contributed by atoms with Crippen LogP contribution in [0, 0.1) is 18.8 Å². The lowest BCUT2D eigenvalue weighted by Crippen LogP contribution is -2.28. The molecule has 0 unspecified atom stereocenters. The second-order valence-corrected chi connectivity index (χ2v) is 6.01. The zero-order chi connectivity index (χ0) is 13.0. The molecule has 100 valence electrons. The van der Waals surface area contributed by atoms with E-state index in [-0.39, 0.29) is 5.92 Å². The van der Waals surface area contributed by atoms with Gasteiger partial charge in [-0.15, -0.1) is 11.3 Å². The summed E-state index contributed by atoms with van der Waals surface area (Å²) in [5.74, 6) is -0.107. The summed E-state index contributed by atoms with van der Waals surface area (Å²) in [6.45, 7) is 3.81. The summed E-state index contributed by atoms with van der Waals surface area (Å²) < 4.78 is 0. The molecule has 0 atom stereocenters. The number of aliphatic carboxylic acids is 1. The summed E-state index contributed by atoms with van der Waals surface area (Å²) in [6.07, 6.45) is 3.72. The fourth-order valence-electron chi connectivity index (χ4n) is 2.48. The monoisotopic (exact) mass is 268 g/mol. The maximum atomic E-state index is 10.8. The van der Waals surface area contributed by atoms with Gasteiger partial charge in [-0.2, -0.15) is 0 Å². The largest absolute Gasteiger partial charge is 0.481 e. The predicted molar refractivity (Wildman–Crippen MR) is 71.6 cm³/mol. The van der Waals surface area contributed by atoms with Crippen LogP contribution >= 0.6 is 11.3 Å². The van der Waals surface area contributed by atoms with Gasteiger partial charge in [-0.3, -0.25) is 4.79 Å². The van der Waals surface area contributed by atoms with E-state index in [0.717, 1.165) is 49.5 Å². The Balaban J connectivity index is 1.65. The van der Waals surface area contributed by atoms with Crippen molar-refractivity contribution >= 4 is 17.3 Å². The zero-order valence-corrected chi connectivity index (χ0v) is 11.5. The van der Waals surface area contributed by atoms with Gasteiger partial charge in [-0.05, 0) is 45.1 Å². The third-order valence-corrected chi connectivity index (χ3v) is 4.54. The van der Waals surface area contributed by atoms with E-state index in [2.05, 4.69) is 15.7 Å². The first kappa shape index (κ1) is 13.5. The summed E-state index contributed by atoms with van der Waals surface area (Å²) in [6, 6.07) is 0. The summed E-state index contributed by atoms with van der Waals surface area (Å²) in [5, 5.41) is 15.6. The van der Waals surface area contributed by atoms with Crippen molar-refractivity contribution in [3.63, 3.8) is 0 Å². The van der Waals surface area contributed by atoms with Crippen LogP contribution in [0.2, 0.25) is 0 Å². The van der Waals surface area contributed by atoms with E-state index in [9.17, 15) is 4.79 Å². The molecule has 1 fully saturated rings. The molecule has 0 radical (unpaired) electrons. The van der Waals surface area contributed by atoms with Crippen LogP contribution in [0.15, 0.2) is 5.38 Å². The van der Waals surface area contributed by atoms with E-state index < -0.39 is 5.97 Å². The van der Waals surface area contributed by atoms with E-state index in [1.54, 1.807) is 11.3 Å². The molecule has 0 bridgehead atoms. The number of aryl methyl sites for hydroxylation is 1. The minimum atomic E-state index is -0.625. The molecule has 5 heteroatoms. The van der Waals surface area contributed by atoms with Gasteiger partial charge in [0.1, 0.15) is 5.01 Å². The Labute approximate surface area is 111 Å². The topological polar surface area (TPSA) is 62.2 Å². The van der Waals surface area contributed by atoms with Crippen LogP contribution in [0.3, 0.4) is 0 Å². The molecule has 2 rings (SSSR count). The van der Waals surface area contributed by atoms with Crippen molar-refractivity contribution in [3.05, 3.63) is 16.1 Å². The summed E-state index contributed by atoms with van der Waals surface area (Å²) >= 11 is 1.69. The van der Waals surface area contributed by atoms with E-state index in [4.69, 9.17) is 5.11 Å². The molecule has 0 saturated heterocycles. The molecule has 0 amide bonds. The summed E-state index contributed by atoms with van der Waals surface area (Å²) in [4.78, 5) is 15.2. The minimum Gasteiger partial charge on any atom is -0.481 e. The number of carbonyl (C=O) groups is 1. The fraction of sp³-hybridized carbons (Fsp3) is 0.692. The molecule has 1 aliphatic rings. The Morgan fingerprint density at radius 2 is 2.22 bits per heavy atom. The summed E-state index contributed by atoms with van der Waals surface area (Å²) in [5.41, 5.74) is 1.08. The average Bonchev–Trinajstić information content (AvgIpc) is 2.76. The summed E-state index contributed by atoms with van der Waals surface area (Å²) in [7, 11) is 0. The highest BCUT2D eigenvalue weighted by molar-refractivity contribution is 7.09. The van der Waals surface area contributed by atoms with Gasteiger partial charge >= 0.3 is 5.97 Å². The molecule has 0 spiro atoms. The van der Waals surface area contributed by atoms with Gasteiger partial charge in [-0.25, -0.2) is 4.98 Å². The van der Waals surface area contributed by atoms with Crippen LogP contribution in [-0.4, -0.2) is 22.6 Å². The van der Waals surface area contributed by atoms with Crippen molar-refractivity contribution in [2.45, 2.75) is 39.2 Å². The standard InChI is InChI=1S/C13H20N2O2S/c1-9-8-18-12(15-9)7-14-6-10-2-4-11(5-3-10)13(16)17/h8,10-11,14H,2-7H2,1H3,(H,16,17). The molecule has 2 N–H and O–H groups in total. The van der Waals surface area contributed by atoms with Crippen molar-refractivity contribution in [1.29, 1.82) is 0 Å². The van der Waals surface area contributed by atoms with Gasteiger partial charge in [0.25, 0.3) is 0 Å². The highest BCUT2D eigenvalue weighted by atomic mass is 32.1. The molecule has 1 aliphatic carbocycles. The molecular weight excluding hydrogens is 248 g/mol. The average molecular weight is 268 g/mol. The second-order valence-electron chi connectivity index (χ2n) is 5.07. The normalized spacial score (nSPS) is 24.1. The number of hydrogen-bond donors (Lipinski definition) is 2. The third-order valence-electron chi connectivity index (χ3n) is 3.57. The third kappa shape index (κ3) is 3.78. The number of aromatic nitrogens is 1. The molecule has 1 saturated carbocycles. The number of rotatable bonds is 5. The van der Waals surface area contributed by atoms with E-state index in [1.165, 1.54) is 0 Å². The zero-order valence-electron chi connectivity index (χ0n) is 10.7. The van der Waals surface area contributed by atoms with Gasteiger partial charge in [0.05, 0.1) is 5.92 Å². The van der Waals surface area contributed by atoms with Crippen LogP contribution in [-0.2, 0) is 11.3 Å². The highest BCUT2D eigenvalue weighted by Gasteiger charge is 2.25. The van der Waals surface area contributed by atoms with Gasteiger partial charge in [-0.1, -0.05) is 0 Å². The van der Waals surface area contributed by atoms with Crippen molar-refractivity contribution in [2.24, 2.45) is 11.8 Å². The van der Waals surface area contributed by atoms with Crippen molar-refractivity contribution in [1.82, 2.24) is 10.3 Å². The van der Waals surface area contributed by atoms with Crippen LogP contribution < -0.4 is 5.32 Å². The molecule has 0 aromatic carbocycles. The quantitative estimate of drug-likeness (QED) is 0.861. The van der Waals surface area contributed by atoms with E-state index in [1.807, 2.05) is 6.92 Å². The van der Waals surface area contributed by atoms with Gasteiger partial charge < -0.3 is 10.4 Å². The van der Waals surface area contributed by atoms with Crippen LogP contribution in [0.25, 0.3) is 0 Å². The number of carboxylic acid groups (broad SMARTS) is 1. The van der Waals surface area contributed by atoms with Gasteiger partial charge in [0.15, 0.2) is 0 Å². The first-order valence-corrected chi connectivity index (χ1v) is 7.37. The van der Waals surface area contributed by atoms with Crippen molar-refractivity contribution < 1.29 is 9.90 Å². The Bertz CT molecular complexity index is 397. The molecular formula is C13H20N2O2S. The molecule has 1 aromatic rings. The number of nitrogens with one attached hydrogen (secondary N) is 1. The van der Waals surface area contributed by atoms with Crippen LogP contribution in [0.1, 0.15) is 36.4 Å². The van der Waals surface area contributed by atoms with Gasteiger partial charge in [0.2, 0.25) is 0 Å². The molecule has 4 nitrogen and oxygen atoms in total. The van der Waals surface area contributed by atoms with Crippen LogP contribution in [0.5, 0.6) is 0 Å². The minimum absolute atomic E-state index is 0.108. The Hall–Kier alpha value is -0.940. The smallest absolute Gasteiger partial charge is 0.306 e. The predicted octanol–water partition coefficient (Wildman–Crippen LogP) is 2.43. The van der Waals surface area contributed by atoms with Crippen molar-refractivity contribution in [2.75, 3.05) is 6.54 Å². The highest BCUT2D eigenvalue weighted by Crippen LogP contribution is 2.28. The first-order chi connectivity index (χ1) is 8.65. The van der Waals surface area contributed by atoms with Gasteiger partial charge in [0, 0.05) is 17.6 Å². The van der Waals surface area contributed by atoms with Crippen molar-refractivity contribution in [3.8, 4) is 0 Å². The fourth-order valence-corrected chi connectivity index (χ4v) is 3.22. The first-order valence-electron chi connectivity index (χ1n) is 6.49. The maximum Gasteiger partial charge on any atom is 0.306 e. The number of thiazole rings is 1. The molecule has 1 aromatic heterocycles. The number of carboxylic acids is 1. The Morgan fingerprint density at radius 3 is 2.78 bits per heavy atom. The maximum absolute atomic E-state index is 10.8. The lowest BCUT2D eigenvalue weighted by Gasteiger charge is -2.26. The SMILES string of the molecule is Cc1csc(CNCC2CCC(C(=O)O)CC2)n1. The second kappa shape index (κ2) is 6.29. The van der Waals surface area contributed by atoms with E-state index in [0.29, 0.717) is 5.92 Å². The number of hydrogen-bond acceptors (Lipinski definition) is 4. The Morgan fingerprint density at radius 1 is 1.50 bits per heavy atom. The Kier molecular flexibility index (Phi) is 4.72. The van der Waals surface area contributed by atoms with E-state index >= 15 is 0 Å².